The predicted octanol–water partition coefficient (Wildman–Crippen LogP) is 0.923. The van der Waals surface area contributed by atoms with Crippen LogP contribution in [-0.4, -0.2) is 19.1 Å². The van der Waals surface area contributed by atoms with Crippen LogP contribution in [0.4, 0.5) is 4.39 Å². The highest BCUT2D eigenvalue weighted by Gasteiger charge is 2.20. The van der Waals surface area contributed by atoms with Gasteiger partial charge in [-0.15, -0.1) is 0 Å². The van der Waals surface area contributed by atoms with E-state index in [0.29, 0.717) is 17.6 Å². The Morgan fingerprint density at radius 1 is 2.00 bits per heavy atom. The number of hydrogen-bond donors (Lipinski definition) is 0. The zero-order valence-corrected chi connectivity index (χ0v) is 6.58. The van der Waals surface area contributed by atoms with Gasteiger partial charge in [0.15, 0.2) is 11.3 Å². The van der Waals surface area contributed by atoms with Crippen LogP contribution in [0.15, 0.2) is 11.0 Å². The van der Waals surface area contributed by atoms with Gasteiger partial charge in [0.1, 0.15) is 7.85 Å². The number of Topliss-reactive ketones (excluding diaryl/α,β-unsaturated/α-hetero) is 1. The first-order valence-corrected chi connectivity index (χ1v) is 4.16. The second kappa shape index (κ2) is 3.24. The van der Waals surface area contributed by atoms with Gasteiger partial charge in [-0.3, -0.25) is 4.79 Å². The summed E-state index contributed by atoms with van der Waals surface area (Å²) in [6, 6.07) is 0. The van der Waals surface area contributed by atoms with Crippen molar-refractivity contribution in [1.29, 1.82) is 0 Å². The van der Waals surface area contributed by atoms with Crippen molar-refractivity contribution in [3.05, 3.63) is 11.0 Å². The third-order valence-corrected chi connectivity index (χ3v) is 2.44. The van der Waals surface area contributed by atoms with Gasteiger partial charge in [0.05, 0.1) is 0 Å². The van der Waals surface area contributed by atoms with Gasteiger partial charge in [-0.25, -0.2) is 4.39 Å². The summed E-state index contributed by atoms with van der Waals surface area (Å²) in [5.41, 5.74) is -0.884. The van der Waals surface area contributed by atoms with E-state index in [2.05, 4.69) is 0 Å². The normalized spacial score (nSPS) is 24.5. The zero-order chi connectivity index (χ0) is 7.56. The standard InChI is InChI=1S/C6H8BFOS/c7-3-4(9)5-1-2-6(8)10-5/h1,6H,2-3,7H2. The van der Waals surface area contributed by atoms with E-state index in [9.17, 15) is 9.18 Å². The van der Waals surface area contributed by atoms with Crippen LogP contribution in [0.5, 0.6) is 0 Å². The summed E-state index contributed by atoms with van der Waals surface area (Å²) in [5, 5.41) is 0. The fraction of sp³-hybridized carbons (Fsp3) is 0.500. The Hall–Kier alpha value is -0.245. The molecule has 0 saturated heterocycles. The lowest BCUT2D eigenvalue weighted by molar-refractivity contribution is -0.112. The molecule has 0 aliphatic carbocycles. The smallest absolute Gasteiger partial charge is 0.161 e. The summed E-state index contributed by atoms with van der Waals surface area (Å²) in [4.78, 5) is 11.5. The van der Waals surface area contributed by atoms with Crippen molar-refractivity contribution < 1.29 is 9.18 Å². The Morgan fingerprint density at radius 2 is 2.70 bits per heavy atom. The highest BCUT2D eigenvalue weighted by Crippen LogP contribution is 2.33. The van der Waals surface area contributed by atoms with E-state index in [4.69, 9.17) is 0 Å². The largest absolute Gasteiger partial charge is 0.294 e. The summed E-state index contributed by atoms with van der Waals surface area (Å²) in [5.74, 6) is 0.0603. The summed E-state index contributed by atoms with van der Waals surface area (Å²) in [7, 11) is 1.79. The second-order valence-electron chi connectivity index (χ2n) is 2.11. The lowest BCUT2D eigenvalue weighted by atomic mass is 10.0. The van der Waals surface area contributed by atoms with Crippen LogP contribution in [0.1, 0.15) is 6.42 Å². The first-order chi connectivity index (χ1) is 4.74. The van der Waals surface area contributed by atoms with Gasteiger partial charge in [-0.2, -0.15) is 0 Å². The van der Waals surface area contributed by atoms with Crippen molar-refractivity contribution in [3.63, 3.8) is 0 Å². The molecule has 1 aliphatic heterocycles. The van der Waals surface area contributed by atoms with Gasteiger partial charge < -0.3 is 0 Å². The molecule has 0 N–H and O–H groups in total. The molecule has 54 valence electrons. The Morgan fingerprint density at radius 3 is 3.10 bits per heavy atom. The molecule has 1 rings (SSSR count). The molecule has 1 unspecified atom stereocenters. The Balaban J connectivity index is 2.51. The van der Waals surface area contributed by atoms with Gasteiger partial charge in [0.25, 0.3) is 0 Å². The molecule has 0 radical (unpaired) electrons. The number of allylic oxidation sites excluding steroid dienone is 2. The molecule has 10 heavy (non-hydrogen) atoms. The number of carbonyl (C=O) groups is 1. The molecule has 0 bridgehead atoms. The van der Waals surface area contributed by atoms with Crippen molar-refractivity contribution in [3.8, 4) is 0 Å². The molecule has 1 atom stereocenters. The molecule has 0 aromatic rings. The lowest BCUT2D eigenvalue weighted by Gasteiger charge is -1.96. The molecule has 1 nitrogen and oxygen atoms in total. The first-order valence-electron chi connectivity index (χ1n) is 3.28. The molecule has 0 aromatic heterocycles. The molecular formula is C6H8BFOS. The van der Waals surface area contributed by atoms with Gasteiger partial charge >= 0.3 is 0 Å². The highest BCUT2D eigenvalue weighted by atomic mass is 32.2. The Labute approximate surface area is 64.5 Å². The van der Waals surface area contributed by atoms with Crippen LogP contribution >= 0.6 is 11.8 Å². The van der Waals surface area contributed by atoms with Gasteiger partial charge in [-0.1, -0.05) is 17.8 Å². The fourth-order valence-corrected chi connectivity index (χ4v) is 1.72. The number of halogens is 1. The number of rotatable bonds is 2. The van der Waals surface area contributed by atoms with Crippen molar-refractivity contribution in [1.82, 2.24) is 0 Å². The maximum atomic E-state index is 12.4. The molecule has 1 heterocycles. The minimum Gasteiger partial charge on any atom is -0.294 e. The topological polar surface area (TPSA) is 17.1 Å². The first kappa shape index (κ1) is 7.86. The quantitative estimate of drug-likeness (QED) is 0.556. The van der Waals surface area contributed by atoms with E-state index in [1.54, 1.807) is 13.9 Å². The average Bonchev–Trinajstić information content (AvgIpc) is 2.34. The number of thioether (sulfide) groups is 1. The molecule has 0 aromatic carbocycles. The zero-order valence-electron chi connectivity index (χ0n) is 5.76. The van der Waals surface area contributed by atoms with E-state index < -0.39 is 5.50 Å². The van der Waals surface area contributed by atoms with Gasteiger partial charge in [0, 0.05) is 11.3 Å². The van der Waals surface area contributed by atoms with Crippen LogP contribution in [0.2, 0.25) is 6.32 Å². The predicted molar refractivity (Wildman–Crippen MR) is 43.5 cm³/mol. The SMILES string of the molecule is BCC(=O)C1=CCC(F)S1. The monoisotopic (exact) mass is 158 g/mol. The maximum Gasteiger partial charge on any atom is 0.161 e. The summed E-state index contributed by atoms with van der Waals surface area (Å²) < 4.78 is 12.4. The number of hydrogen-bond acceptors (Lipinski definition) is 2. The van der Waals surface area contributed by atoms with Crippen molar-refractivity contribution in [2.75, 3.05) is 0 Å². The molecular weight excluding hydrogens is 150 g/mol. The molecule has 0 saturated carbocycles. The number of alkyl halides is 1. The summed E-state index contributed by atoms with van der Waals surface area (Å²) in [6.07, 6.45) is 2.55. The lowest BCUT2D eigenvalue weighted by Crippen LogP contribution is -1.96. The van der Waals surface area contributed by atoms with Crippen molar-refractivity contribution >= 4 is 25.4 Å². The molecule has 0 spiro atoms. The Bertz CT molecular complexity index is 181. The van der Waals surface area contributed by atoms with E-state index in [0.717, 1.165) is 11.8 Å². The van der Waals surface area contributed by atoms with E-state index in [1.165, 1.54) is 0 Å². The van der Waals surface area contributed by atoms with Crippen molar-refractivity contribution in [2.45, 2.75) is 18.2 Å². The van der Waals surface area contributed by atoms with Crippen LogP contribution < -0.4 is 0 Å². The minimum atomic E-state index is -0.884. The van der Waals surface area contributed by atoms with Crippen molar-refractivity contribution in [2.24, 2.45) is 0 Å². The number of ketones is 1. The third kappa shape index (κ3) is 1.63. The average molecular weight is 158 g/mol. The summed E-state index contributed by atoms with van der Waals surface area (Å²) in [6.45, 7) is 0. The number of carbonyl (C=O) groups excluding carboxylic acids is 1. The molecule has 0 amide bonds. The van der Waals surface area contributed by atoms with Gasteiger partial charge in [0.2, 0.25) is 0 Å². The van der Waals surface area contributed by atoms with Crippen LogP contribution in [0, 0.1) is 0 Å². The Kier molecular flexibility index (Phi) is 2.54. The second-order valence-corrected chi connectivity index (χ2v) is 3.30. The minimum absolute atomic E-state index is 0.0603. The van der Waals surface area contributed by atoms with E-state index in [-0.39, 0.29) is 5.78 Å². The third-order valence-electron chi connectivity index (χ3n) is 1.34. The molecule has 1 aliphatic rings. The maximum absolute atomic E-state index is 12.4. The van der Waals surface area contributed by atoms with Crippen LogP contribution in [-0.2, 0) is 4.79 Å². The van der Waals surface area contributed by atoms with Crippen LogP contribution in [0.3, 0.4) is 0 Å². The highest BCUT2D eigenvalue weighted by molar-refractivity contribution is 8.04. The van der Waals surface area contributed by atoms with Gasteiger partial charge in [-0.05, 0) is 6.32 Å². The van der Waals surface area contributed by atoms with E-state index in [1.807, 2.05) is 0 Å². The van der Waals surface area contributed by atoms with E-state index >= 15 is 0 Å². The fourth-order valence-electron chi connectivity index (χ4n) is 0.787. The van der Waals surface area contributed by atoms with Crippen LogP contribution in [0.25, 0.3) is 0 Å². The molecule has 4 heteroatoms. The summed E-state index contributed by atoms with van der Waals surface area (Å²) >= 11 is 1.04. The molecule has 0 fully saturated rings.